The molecule has 0 bridgehead atoms. The van der Waals surface area contributed by atoms with Gasteiger partial charge in [0.05, 0.1) is 17.8 Å². The van der Waals surface area contributed by atoms with Crippen molar-refractivity contribution < 1.29 is 28.3 Å². The van der Waals surface area contributed by atoms with E-state index < -0.39 is 36.8 Å². The summed E-state index contributed by atoms with van der Waals surface area (Å²) >= 11 is 1.19. The highest BCUT2D eigenvalue weighted by molar-refractivity contribution is 7.18. The molecule has 10 heteroatoms. The predicted molar refractivity (Wildman–Crippen MR) is 126 cm³/mol. The summed E-state index contributed by atoms with van der Waals surface area (Å²) in [5.74, 6) is -2.69. The number of para-hydroxylation sites is 2. The van der Waals surface area contributed by atoms with Crippen LogP contribution in [-0.2, 0) is 25.6 Å². The minimum atomic E-state index is -0.787. The van der Waals surface area contributed by atoms with E-state index in [2.05, 4.69) is 5.32 Å². The SMILES string of the molecule is CCOC(=O)c1sc(-c2ccccc2)cc1NC(=O)COC(=O)Cn1c(=O)oc2ccccc21. The zero-order valence-electron chi connectivity index (χ0n) is 18.1. The largest absolute Gasteiger partial charge is 0.462 e. The van der Waals surface area contributed by atoms with Gasteiger partial charge in [-0.3, -0.25) is 14.2 Å². The molecule has 0 aliphatic rings. The Morgan fingerprint density at radius 2 is 1.76 bits per heavy atom. The van der Waals surface area contributed by atoms with E-state index in [0.717, 1.165) is 15.0 Å². The molecule has 0 fully saturated rings. The average Bonchev–Trinajstić information content (AvgIpc) is 3.39. The van der Waals surface area contributed by atoms with Gasteiger partial charge in [-0.15, -0.1) is 11.3 Å². The molecule has 1 N–H and O–H groups in total. The van der Waals surface area contributed by atoms with E-state index in [-0.39, 0.29) is 17.2 Å². The van der Waals surface area contributed by atoms with Crippen LogP contribution in [0, 0.1) is 0 Å². The van der Waals surface area contributed by atoms with Crippen molar-refractivity contribution in [2.45, 2.75) is 13.5 Å². The number of aromatic nitrogens is 1. The van der Waals surface area contributed by atoms with Gasteiger partial charge < -0.3 is 19.2 Å². The number of amides is 1. The number of oxazole rings is 1. The third-order valence-electron chi connectivity index (χ3n) is 4.75. The molecule has 0 atom stereocenters. The third kappa shape index (κ3) is 5.07. The maximum Gasteiger partial charge on any atom is 0.420 e. The maximum absolute atomic E-state index is 12.5. The standard InChI is InChI=1S/C24H20N2O7S/c1-2-31-23(29)22-16(12-19(34-22)15-8-4-3-5-9-15)25-20(27)14-32-21(28)13-26-17-10-6-7-11-18(17)33-24(26)30/h3-12H,2,13-14H2,1H3,(H,25,27). The van der Waals surface area contributed by atoms with Crippen molar-refractivity contribution >= 4 is 46.0 Å². The summed E-state index contributed by atoms with van der Waals surface area (Å²) in [5, 5.41) is 2.60. The van der Waals surface area contributed by atoms with Crippen LogP contribution in [0.4, 0.5) is 5.69 Å². The Hall–Kier alpha value is -4.18. The molecule has 2 aromatic heterocycles. The smallest absolute Gasteiger partial charge is 0.420 e. The summed E-state index contributed by atoms with van der Waals surface area (Å²) < 4.78 is 16.3. The van der Waals surface area contributed by atoms with Crippen LogP contribution in [0.3, 0.4) is 0 Å². The molecule has 1 amide bonds. The molecule has 0 radical (unpaired) electrons. The number of fused-ring (bicyclic) bond motifs is 1. The number of rotatable bonds is 8. The molecule has 2 aromatic carbocycles. The lowest BCUT2D eigenvalue weighted by Crippen LogP contribution is -2.26. The van der Waals surface area contributed by atoms with Gasteiger partial charge in [0.1, 0.15) is 11.4 Å². The van der Waals surface area contributed by atoms with E-state index in [1.165, 1.54) is 11.3 Å². The van der Waals surface area contributed by atoms with E-state index in [9.17, 15) is 19.2 Å². The van der Waals surface area contributed by atoms with E-state index in [0.29, 0.717) is 11.1 Å². The normalized spacial score (nSPS) is 10.7. The highest BCUT2D eigenvalue weighted by Crippen LogP contribution is 2.35. The Morgan fingerprint density at radius 3 is 2.53 bits per heavy atom. The van der Waals surface area contributed by atoms with E-state index in [1.807, 2.05) is 30.3 Å². The molecular formula is C24H20N2O7S. The van der Waals surface area contributed by atoms with Crippen molar-refractivity contribution in [2.75, 3.05) is 18.5 Å². The lowest BCUT2D eigenvalue weighted by Gasteiger charge is -2.07. The second kappa shape index (κ2) is 10.2. The number of hydrogen-bond donors (Lipinski definition) is 1. The second-order valence-corrected chi connectivity index (χ2v) is 8.12. The Labute approximate surface area is 197 Å². The van der Waals surface area contributed by atoms with Gasteiger partial charge in [-0.05, 0) is 30.7 Å². The maximum atomic E-state index is 12.5. The van der Waals surface area contributed by atoms with Crippen molar-refractivity contribution in [3.63, 3.8) is 0 Å². The molecule has 4 rings (SSSR count). The fourth-order valence-electron chi connectivity index (χ4n) is 3.25. The second-order valence-electron chi connectivity index (χ2n) is 7.07. The third-order valence-corrected chi connectivity index (χ3v) is 5.91. The average molecular weight is 480 g/mol. The van der Waals surface area contributed by atoms with Gasteiger partial charge in [-0.2, -0.15) is 0 Å². The zero-order chi connectivity index (χ0) is 24.1. The molecule has 4 aromatic rings. The molecule has 2 heterocycles. The van der Waals surface area contributed by atoms with Crippen LogP contribution in [0.1, 0.15) is 16.6 Å². The minimum absolute atomic E-state index is 0.185. The summed E-state index contributed by atoms with van der Waals surface area (Å²) in [5.41, 5.74) is 1.93. The van der Waals surface area contributed by atoms with Crippen LogP contribution in [-0.4, -0.2) is 35.6 Å². The van der Waals surface area contributed by atoms with Crippen LogP contribution >= 0.6 is 11.3 Å². The molecule has 34 heavy (non-hydrogen) atoms. The van der Waals surface area contributed by atoms with Crippen molar-refractivity contribution in [3.05, 3.63) is 76.1 Å². The first-order valence-electron chi connectivity index (χ1n) is 10.4. The first-order chi connectivity index (χ1) is 16.5. The Kier molecular flexibility index (Phi) is 6.88. The van der Waals surface area contributed by atoms with Crippen LogP contribution in [0.5, 0.6) is 0 Å². The van der Waals surface area contributed by atoms with E-state index in [4.69, 9.17) is 13.9 Å². The van der Waals surface area contributed by atoms with Crippen molar-refractivity contribution in [1.82, 2.24) is 4.57 Å². The molecule has 0 saturated heterocycles. The summed E-state index contributed by atoms with van der Waals surface area (Å²) in [6.45, 7) is 0.871. The van der Waals surface area contributed by atoms with Crippen LogP contribution in [0.2, 0.25) is 0 Å². The number of carbonyl (C=O) groups excluding carboxylic acids is 3. The van der Waals surface area contributed by atoms with Crippen molar-refractivity contribution in [1.29, 1.82) is 0 Å². The summed E-state index contributed by atoms with van der Waals surface area (Å²) in [6.07, 6.45) is 0. The first kappa shape index (κ1) is 23.0. The lowest BCUT2D eigenvalue weighted by molar-refractivity contribution is -0.147. The number of carbonyl (C=O) groups is 3. The molecule has 0 unspecified atom stereocenters. The summed E-state index contributed by atoms with van der Waals surface area (Å²) in [7, 11) is 0. The van der Waals surface area contributed by atoms with Crippen LogP contribution in [0.25, 0.3) is 21.5 Å². The number of nitrogens with one attached hydrogen (secondary N) is 1. The predicted octanol–water partition coefficient (Wildman–Crippen LogP) is 3.68. The molecule has 0 aliphatic heterocycles. The first-order valence-corrected chi connectivity index (χ1v) is 11.2. The molecule has 9 nitrogen and oxygen atoms in total. The topological polar surface area (TPSA) is 117 Å². The van der Waals surface area contributed by atoms with Crippen LogP contribution in [0.15, 0.2) is 69.9 Å². The van der Waals surface area contributed by atoms with Gasteiger partial charge in [-0.25, -0.2) is 9.59 Å². The van der Waals surface area contributed by atoms with Gasteiger partial charge in [0.2, 0.25) is 0 Å². The summed E-state index contributed by atoms with van der Waals surface area (Å²) in [6, 6.07) is 17.7. The van der Waals surface area contributed by atoms with E-state index in [1.54, 1.807) is 37.3 Å². The number of nitrogens with zero attached hydrogens (tertiary/aromatic N) is 1. The fraction of sp³-hybridized carbons (Fsp3) is 0.167. The Morgan fingerprint density at radius 1 is 1.03 bits per heavy atom. The van der Waals surface area contributed by atoms with Gasteiger partial charge in [0.15, 0.2) is 12.2 Å². The summed E-state index contributed by atoms with van der Waals surface area (Å²) in [4.78, 5) is 50.1. The monoisotopic (exact) mass is 480 g/mol. The quantitative estimate of drug-likeness (QED) is 0.382. The molecule has 0 saturated carbocycles. The molecular weight excluding hydrogens is 460 g/mol. The van der Waals surface area contributed by atoms with E-state index >= 15 is 0 Å². The van der Waals surface area contributed by atoms with Gasteiger partial charge in [-0.1, -0.05) is 42.5 Å². The van der Waals surface area contributed by atoms with Gasteiger partial charge >= 0.3 is 17.7 Å². The lowest BCUT2D eigenvalue weighted by atomic mass is 10.2. The van der Waals surface area contributed by atoms with Crippen LogP contribution < -0.4 is 11.1 Å². The molecule has 0 spiro atoms. The molecule has 0 aliphatic carbocycles. The number of anilines is 1. The van der Waals surface area contributed by atoms with Gasteiger partial charge in [0.25, 0.3) is 5.91 Å². The van der Waals surface area contributed by atoms with Crippen molar-refractivity contribution in [3.8, 4) is 10.4 Å². The zero-order valence-corrected chi connectivity index (χ0v) is 18.9. The minimum Gasteiger partial charge on any atom is -0.462 e. The Balaban J connectivity index is 1.43. The highest BCUT2D eigenvalue weighted by atomic mass is 32.1. The molecule has 174 valence electrons. The van der Waals surface area contributed by atoms with Crippen molar-refractivity contribution in [2.24, 2.45) is 0 Å². The number of ether oxygens (including phenoxy) is 2. The number of benzene rings is 2. The Bertz CT molecular complexity index is 1400. The fourth-order valence-corrected chi connectivity index (χ4v) is 4.26. The highest BCUT2D eigenvalue weighted by Gasteiger charge is 2.21. The number of thiophene rings is 1. The van der Waals surface area contributed by atoms with Gasteiger partial charge in [0, 0.05) is 4.88 Å². The number of hydrogen-bond acceptors (Lipinski definition) is 8. The number of esters is 2.